The van der Waals surface area contributed by atoms with Crippen molar-refractivity contribution in [3.05, 3.63) is 52.7 Å². The Kier molecular flexibility index (Phi) is 2.22. The van der Waals surface area contributed by atoms with E-state index in [1.165, 1.54) is 22.5 Å². The summed E-state index contributed by atoms with van der Waals surface area (Å²) in [5.41, 5.74) is 2.61. The third kappa shape index (κ3) is 1.58. The van der Waals surface area contributed by atoms with E-state index in [1.54, 1.807) is 11.4 Å². The maximum Gasteiger partial charge on any atom is 0.271 e. The fourth-order valence-corrected chi connectivity index (χ4v) is 3.13. The van der Waals surface area contributed by atoms with Gasteiger partial charge >= 0.3 is 0 Å². The second-order valence-electron chi connectivity index (χ2n) is 4.55. The Hall–Kier alpha value is -2.14. The van der Waals surface area contributed by atoms with Gasteiger partial charge in [0.25, 0.3) is 5.89 Å². The number of hydrogen-bond donors (Lipinski definition) is 1. The fourth-order valence-electron chi connectivity index (χ4n) is 2.42. The Morgan fingerprint density at radius 2 is 2.16 bits per heavy atom. The zero-order chi connectivity index (χ0) is 12.8. The van der Waals surface area contributed by atoms with E-state index >= 15 is 0 Å². The van der Waals surface area contributed by atoms with Gasteiger partial charge in [-0.25, -0.2) is 0 Å². The first-order valence-electron chi connectivity index (χ1n) is 6.01. The first-order chi connectivity index (χ1) is 9.33. The monoisotopic (exact) mass is 270 g/mol. The highest BCUT2D eigenvalue weighted by Crippen LogP contribution is 2.40. The van der Waals surface area contributed by atoms with Gasteiger partial charge in [-0.15, -0.1) is 11.3 Å². The number of rotatable bonds is 2. The predicted octanol–water partition coefficient (Wildman–Crippen LogP) is 3.19. The zero-order valence-electron chi connectivity index (χ0n) is 9.91. The molecule has 94 valence electrons. The smallest absolute Gasteiger partial charge is 0.271 e. The lowest BCUT2D eigenvalue weighted by molar-refractivity contribution is 0.413. The average molecular weight is 270 g/mol. The molecule has 1 aliphatic rings. The summed E-state index contributed by atoms with van der Waals surface area (Å²) in [6.45, 7) is 0. The van der Waals surface area contributed by atoms with E-state index in [1.807, 2.05) is 12.1 Å². The fraction of sp³-hybridized carbons (Fsp3) is 0.143. The normalized spacial score (nSPS) is 16.9. The summed E-state index contributed by atoms with van der Waals surface area (Å²) in [6, 6.07) is 9.92. The molecule has 0 aliphatic heterocycles. The molecule has 0 spiro atoms. The van der Waals surface area contributed by atoms with Crippen LogP contribution in [-0.4, -0.2) is 15.2 Å². The second-order valence-corrected chi connectivity index (χ2v) is 5.46. The van der Waals surface area contributed by atoms with Gasteiger partial charge in [0.15, 0.2) is 5.82 Å². The van der Waals surface area contributed by atoms with E-state index < -0.39 is 0 Å². The minimum absolute atomic E-state index is 0.189. The van der Waals surface area contributed by atoms with Gasteiger partial charge in [-0.3, -0.25) is 0 Å². The highest BCUT2D eigenvalue weighted by Gasteiger charge is 2.31. The molecule has 2 aromatic heterocycles. The molecule has 0 saturated heterocycles. The minimum atomic E-state index is 0.189. The average Bonchev–Trinajstić information content (AvgIpc) is 3.00. The van der Waals surface area contributed by atoms with Crippen LogP contribution in [0.3, 0.4) is 0 Å². The molecule has 2 heterocycles. The van der Waals surface area contributed by atoms with Gasteiger partial charge in [0.2, 0.25) is 0 Å². The molecule has 0 radical (unpaired) electrons. The van der Waals surface area contributed by atoms with Crippen molar-refractivity contribution in [1.29, 1.82) is 0 Å². The summed E-state index contributed by atoms with van der Waals surface area (Å²) in [5.74, 6) is 1.50. The number of aromatic nitrogens is 2. The van der Waals surface area contributed by atoms with E-state index in [0.717, 1.165) is 6.42 Å². The summed E-state index contributed by atoms with van der Waals surface area (Å²) in [7, 11) is 0. The molecule has 3 aromatic rings. The molecule has 1 unspecified atom stereocenters. The molecule has 0 amide bonds. The van der Waals surface area contributed by atoms with Crippen LogP contribution in [0.5, 0.6) is 5.75 Å². The molecular formula is C14H10N2O2S. The lowest BCUT2D eigenvalue weighted by atomic mass is 9.77. The van der Waals surface area contributed by atoms with E-state index in [9.17, 15) is 5.11 Å². The van der Waals surface area contributed by atoms with Crippen LogP contribution in [0, 0.1) is 0 Å². The van der Waals surface area contributed by atoms with Gasteiger partial charge in [0, 0.05) is 0 Å². The Balaban J connectivity index is 1.69. The molecule has 1 aromatic carbocycles. The van der Waals surface area contributed by atoms with Gasteiger partial charge < -0.3 is 9.63 Å². The maximum atomic E-state index is 9.66. The molecule has 4 nitrogen and oxygen atoms in total. The van der Waals surface area contributed by atoms with Crippen LogP contribution in [0.1, 0.15) is 22.9 Å². The Morgan fingerprint density at radius 1 is 1.26 bits per heavy atom. The summed E-state index contributed by atoms with van der Waals surface area (Å²) >= 11 is 1.39. The number of thiophene rings is 1. The van der Waals surface area contributed by atoms with Crippen molar-refractivity contribution < 1.29 is 9.63 Å². The number of benzene rings is 1. The highest BCUT2D eigenvalue weighted by molar-refractivity contribution is 7.13. The molecule has 1 N–H and O–H groups in total. The van der Waals surface area contributed by atoms with Crippen LogP contribution in [0.25, 0.3) is 10.8 Å². The van der Waals surface area contributed by atoms with Gasteiger partial charge in [-0.05, 0) is 29.0 Å². The minimum Gasteiger partial charge on any atom is -0.506 e. The van der Waals surface area contributed by atoms with Crippen molar-refractivity contribution in [2.24, 2.45) is 0 Å². The Morgan fingerprint density at radius 3 is 2.95 bits per heavy atom. The Labute approximate surface area is 113 Å². The number of hydrogen-bond acceptors (Lipinski definition) is 5. The first kappa shape index (κ1) is 10.8. The van der Waals surface area contributed by atoms with Crippen LogP contribution in [-0.2, 0) is 6.42 Å². The van der Waals surface area contributed by atoms with Gasteiger partial charge in [-0.2, -0.15) is 4.98 Å². The number of nitrogens with zero attached hydrogens (tertiary/aromatic N) is 2. The largest absolute Gasteiger partial charge is 0.506 e. The van der Waals surface area contributed by atoms with Crippen molar-refractivity contribution in [2.45, 2.75) is 12.3 Å². The first-order valence-corrected chi connectivity index (χ1v) is 6.89. The zero-order valence-corrected chi connectivity index (χ0v) is 10.7. The SMILES string of the molecule is Oc1ccsc1-c1nc(C2Cc3ccccc32)no1. The van der Waals surface area contributed by atoms with Crippen molar-refractivity contribution in [1.82, 2.24) is 10.1 Å². The summed E-state index contributed by atoms with van der Waals surface area (Å²) < 4.78 is 5.25. The van der Waals surface area contributed by atoms with Crippen LogP contribution in [0.4, 0.5) is 0 Å². The van der Waals surface area contributed by atoms with Gasteiger partial charge in [0.05, 0.1) is 5.92 Å². The van der Waals surface area contributed by atoms with E-state index in [4.69, 9.17) is 4.52 Å². The van der Waals surface area contributed by atoms with Gasteiger partial charge in [0.1, 0.15) is 10.6 Å². The molecule has 1 atom stereocenters. The van der Waals surface area contributed by atoms with Crippen molar-refractivity contribution >= 4 is 11.3 Å². The standard InChI is InChI=1S/C14H10N2O2S/c17-11-5-6-19-12(11)14-15-13(16-18-14)10-7-8-3-1-2-4-9(8)10/h1-6,10,17H,7H2. The summed E-state index contributed by atoms with van der Waals surface area (Å²) in [5, 5.41) is 15.5. The maximum absolute atomic E-state index is 9.66. The summed E-state index contributed by atoms with van der Waals surface area (Å²) in [4.78, 5) is 5.04. The van der Waals surface area contributed by atoms with E-state index in [-0.39, 0.29) is 11.7 Å². The van der Waals surface area contributed by atoms with Crippen molar-refractivity contribution in [3.8, 4) is 16.5 Å². The molecule has 4 rings (SSSR count). The molecular weight excluding hydrogens is 260 g/mol. The van der Waals surface area contributed by atoms with E-state index in [2.05, 4.69) is 22.3 Å². The summed E-state index contributed by atoms with van der Waals surface area (Å²) in [6.07, 6.45) is 0.950. The van der Waals surface area contributed by atoms with Crippen LogP contribution in [0.2, 0.25) is 0 Å². The molecule has 0 bridgehead atoms. The van der Waals surface area contributed by atoms with Crippen molar-refractivity contribution in [3.63, 3.8) is 0 Å². The topological polar surface area (TPSA) is 59.2 Å². The highest BCUT2D eigenvalue weighted by atomic mass is 32.1. The lowest BCUT2D eigenvalue weighted by Gasteiger charge is -2.27. The quantitative estimate of drug-likeness (QED) is 0.777. The van der Waals surface area contributed by atoms with Crippen molar-refractivity contribution in [2.75, 3.05) is 0 Å². The second kappa shape index (κ2) is 3.93. The molecule has 1 aliphatic carbocycles. The molecule has 0 fully saturated rings. The predicted molar refractivity (Wildman–Crippen MR) is 71.3 cm³/mol. The Bertz CT molecular complexity index is 747. The molecule has 19 heavy (non-hydrogen) atoms. The molecule has 0 saturated carbocycles. The number of aromatic hydroxyl groups is 1. The van der Waals surface area contributed by atoms with E-state index in [0.29, 0.717) is 16.6 Å². The third-order valence-electron chi connectivity index (χ3n) is 3.45. The van der Waals surface area contributed by atoms with Crippen LogP contribution in [0.15, 0.2) is 40.2 Å². The van der Waals surface area contributed by atoms with Crippen LogP contribution >= 0.6 is 11.3 Å². The molecule has 5 heteroatoms. The van der Waals surface area contributed by atoms with Crippen LogP contribution < -0.4 is 0 Å². The third-order valence-corrected chi connectivity index (χ3v) is 4.34. The number of fused-ring (bicyclic) bond motifs is 1. The lowest BCUT2D eigenvalue weighted by Crippen LogP contribution is -2.19. The van der Waals surface area contributed by atoms with Gasteiger partial charge in [-0.1, -0.05) is 29.4 Å².